The van der Waals surface area contributed by atoms with E-state index in [1.807, 2.05) is 0 Å². The van der Waals surface area contributed by atoms with Crippen molar-refractivity contribution >= 4 is 33.2 Å². The number of benzene rings is 1. The zero-order valence-corrected chi connectivity index (χ0v) is 13.5. The normalized spacial score (nSPS) is 22.2. The molecule has 1 aromatic carbocycles. The van der Waals surface area contributed by atoms with Crippen LogP contribution in [0.1, 0.15) is 0 Å². The summed E-state index contributed by atoms with van der Waals surface area (Å²) in [6.07, 6.45) is -1.07. The van der Waals surface area contributed by atoms with Crippen LogP contribution in [0.2, 0.25) is 0 Å². The maximum absolute atomic E-state index is 14.4. The van der Waals surface area contributed by atoms with E-state index in [2.05, 4.69) is 0 Å². The van der Waals surface area contributed by atoms with Gasteiger partial charge >= 0.3 is 6.09 Å². The van der Waals surface area contributed by atoms with Gasteiger partial charge in [0.25, 0.3) is 5.91 Å². The quantitative estimate of drug-likeness (QED) is 0.825. The van der Waals surface area contributed by atoms with E-state index < -0.39 is 45.3 Å². The van der Waals surface area contributed by atoms with Crippen molar-refractivity contribution in [1.82, 2.24) is 0 Å². The molecule has 0 aliphatic carbocycles. The number of halogens is 2. The predicted octanol–water partition coefficient (Wildman–Crippen LogP) is 0.481. The van der Waals surface area contributed by atoms with Gasteiger partial charge in [-0.3, -0.25) is 9.69 Å². The van der Waals surface area contributed by atoms with Crippen molar-refractivity contribution in [1.29, 1.82) is 0 Å². The van der Waals surface area contributed by atoms with Gasteiger partial charge in [0.1, 0.15) is 5.69 Å². The molecule has 11 heteroatoms. The van der Waals surface area contributed by atoms with Crippen LogP contribution in [0.25, 0.3) is 0 Å². The number of rotatable bonds is 3. The summed E-state index contributed by atoms with van der Waals surface area (Å²) in [5.74, 6) is -3.13. The third-order valence-electron chi connectivity index (χ3n) is 3.79. The van der Waals surface area contributed by atoms with Gasteiger partial charge < -0.3 is 15.4 Å². The van der Waals surface area contributed by atoms with Crippen LogP contribution in [-0.2, 0) is 19.4 Å². The Morgan fingerprint density at radius 3 is 2.40 bits per heavy atom. The summed E-state index contributed by atoms with van der Waals surface area (Å²) in [4.78, 5) is 24.8. The molecular weight excluding hydrogens is 360 g/mol. The van der Waals surface area contributed by atoms with E-state index in [1.54, 1.807) is 0 Å². The van der Waals surface area contributed by atoms with Crippen LogP contribution in [0.4, 0.5) is 25.0 Å². The molecule has 0 saturated carbocycles. The van der Waals surface area contributed by atoms with Gasteiger partial charge in [-0.25, -0.2) is 22.0 Å². The Bertz CT molecular complexity index is 863. The maximum atomic E-state index is 14.4. The molecule has 1 aromatic rings. The first kappa shape index (κ1) is 17.1. The predicted molar refractivity (Wildman–Crippen MR) is 83.4 cm³/mol. The molecule has 1 fully saturated rings. The van der Waals surface area contributed by atoms with Crippen LogP contribution in [0, 0.1) is 11.6 Å². The summed E-state index contributed by atoms with van der Waals surface area (Å²) in [7, 11) is -3.37. The van der Waals surface area contributed by atoms with Gasteiger partial charge in [-0.2, -0.15) is 0 Å². The minimum atomic E-state index is -3.37. The third-order valence-corrected chi connectivity index (χ3v) is 5.08. The van der Waals surface area contributed by atoms with E-state index in [0.29, 0.717) is 0 Å². The molecule has 134 valence electrons. The Morgan fingerprint density at radius 2 is 1.92 bits per heavy atom. The summed E-state index contributed by atoms with van der Waals surface area (Å²) < 4.78 is 56.2. The fraction of sp³-hybridized carbons (Fsp3) is 0.286. The number of hydrogen-bond donors (Lipinski definition) is 1. The molecular formula is C14H13F2N3O5S. The Kier molecular flexibility index (Phi) is 4.11. The Labute approximate surface area is 141 Å². The lowest BCUT2D eigenvalue weighted by Crippen LogP contribution is -2.33. The second-order valence-corrected chi connectivity index (χ2v) is 7.50. The largest absolute Gasteiger partial charge is 0.434 e. The number of carbonyl (C=O) groups excluding carboxylic acids is 2. The molecule has 2 amide bonds. The van der Waals surface area contributed by atoms with Gasteiger partial charge in [-0.05, 0) is 0 Å². The van der Waals surface area contributed by atoms with Gasteiger partial charge in [0.2, 0.25) is 0 Å². The highest BCUT2D eigenvalue weighted by Gasteiger charge is 2.36. The van der Waals surface area contributed by atoms with Crippen molar-refractivity contribution in [2.24, 2.45) is 5.73 Å². The van der Waals surface area contributed by atoms with Crippen LogP contribution >= 0.6 is 0 Å². The molecule has 0 aromatic heterocycles. The fourth-order valence-corrected chi connectivity index (χ4v) is 3.44. The lowest BCUT2D eigenvalue weighted by Gasteiger charge is -2.25. The summed E-state index contributed by atoms with van der Waals surface area (Å²) >= 11 is 0. The molecule has 0 spiro atoms. The average Bonchev–Trinajstić information content (AvgIpc) is 2.90. The average molecular weight is 373 g/mol. The first-order valence-corrected chi connectivity index (χ1v) is 8.83. The number of nitrogens with two attached hydrogens (primary N) is 1. The number of sulfone groups is 1. The Morgan fingerprint density at radius 1 is 1.28 bits per heavy atom. The van der Waals surface area contributed by atoms with Crippen LogP contribution in [0.15, 0.2) is 23.7 Å². The van der Waals surface area contributed by atoms with Crippen molar-refractivity contribution in [3.05, 3.63) is 35.4 Å². The van der Waals surface area contributed by atoms with Crippen LogP contribution in [0.5, 0.6) is 0 Å². The smallest absolute Gasteiger partial charge is 0.415 e. The zero-order valence-electron chi connectivity index (χ0n) is 12.7. The lowest BCUT2D eigenvalue weighted by molar-refractivity contribution is -0.124. The molecule has 0 unspecified atom stereocenters. The summed E-state index contributed by atoms with van der Waals surface area (Å²) in [6, 6.07) is 1.81. The second-order valence-electron chi connectivity index (χ2n) is 5.49. The van der Waals surface area contributed by atoms with Crippen LogP contribution in [0.3, 0.4) is 0 Å². The maximum Gasteiger partial charge on any atom is 0.415 e. The second kappa shape index (κ2) is 5.99. The van der Waals surface area contributed by atoms with E-state index in [-0.39, 0.29) is 24.5 Å². The highest BCUT2D eigenvalue weighted by Crippen LogP contribution is 2.32. The molecule has 25 heavy (non-hydrogen) atoms. The summed E-state index contributed by atoms with van der Waals surface area (Å²) in [6.45, 7) is -0.365. The van der Waals surface area contributed by atoms with Crippen molar-refractivity contribution < 1.29 is 31.5 Å². The van der Waals surface area contributed by atoms with E-state index in [4.69, 9.17) is 10.5 Å². The minimum absolute atomic E-state index is 0.110. The number of anilines is 2. The molecule has 2 aliphatic rings. The summed E-state index contributed by atoms with van der Waals surface area (Å²) in [5, 5.41) is 0.874. The first-order valence-electron chi connectivity index (χ1n) is 7.12. The monoisotopic (exact) mass is 373 g/mol. The Balaban J connectivity index is 1.91. The number of cyclic esters (lactones) is 1. The number of ether oxygens (including phenoxy) is 1. The van der Waals surface area contributed by atoms with Crippen molar-refractivity contribution in [3.8, 4) is 0 Å². The standard InChI is InChI=1S/C14H13F2N3O5S/c15-9-5-8(19-7-11(13(17)20)24-14(19)21)6-10(16)12(9)18-1-3-25(22,23)4-2-18/h1,3,5-6,11H,2,4,7H2,(H2,17,20)/t11-/m1/s1. The van der Waals surface area contributed by atoms with E-state index in [0.717, 1.165) is 33.5 Å². The fourth-order valence-electron chi connectivity index (χ4n) is 2.52. The van der Waals surface area contributed by atoms with Gasteiger partial charge in [0, 0.05) is 30.3 Å². The van der Waals surface area contributed by atoms with E-state index in [9.17, 15) is 26.8 Å². The Hall–Kier alpha value is -2.69. The topological polar surface area (TPSA) is 110 Å². The van der Waals surface area contributed by atoms with Crippen LogP contribution in [-0.4, -0.2) is 45.4 Å². The number of nitrogens with zero attached hydrogens (tertiary/aromatic N) is 2. The number of primary amides is 1. The molecule has 0 radical (unpaired) electrons. The highest BCUT2D eigenvalue weighted by molar-refractivity contribution is 7.94. The molecule has 1 atom stereocenters. The van der Waals surface area contributed by atoms with Crippen molar-refractivity contribution in [2.75, 3.05) is 28.6 Å². The summed E-state index contributed by atoms with van der Waals surface area (Å²) in [5.41, 5.74) is 4.48. The van der Waals surface area contributed by atoms with Gasteiger partial charge in [-0.1, -0.05) is 0 Å². The number of amides is 2. The molecule has 2 N–H and O–H groups in total. The third kappa shape index (κ3) is 3.27. The van der Waals surface area contributed by atoms with E-state index >= 15 is 0 Å². The van der Waals surface area contributed by atoms with Gasteiger partial charge in [0.05, 0.1) is 18.0 Å². The molecule has 3 rings (SSSR count). The van der Waals surface area contributed by atoms with E-state index in [1.165, 1.54) is 0 Å². The minimum Gasteiger partial charge on any atom is -0.434 e. The van der Waals surface area contributed by atoms with Gasteiger partial charge in [-0.15, -0.1) is 0 Å². The SMILES string of the molecule is NC(=O)[C@H]1CN(c2cc(F)c(N3C=CS(=O)(=O)CC3)c(F)c2)C(=O)O1. The lowest BCUT2D eigenvalue weighted by atomic mass is 10.2. The number of hydrogen-bond acceptors (Lipinski definition) is 6. The van der Waals surface area contributed by atoms with Gasteiger partial charge in [0.15, 0.2) is 27.6 Å². The van der Waals surface area contributed by atoms with Crippen molar-refractivity contribution in [3.63, 3.8) is 0 Å². The van der Waals surface area contributed by atoms with Crippen molar-refractivity contribution in [2.45, 2.75) is 6.10 Å². The molecule has 2 aliphatic heterocycles. The molecule has 0 bridgehead atoms. The zero-order chi connectivity index (χ0) is 18.4. The first-order chi connectivity index (χ1) is 11.7. The molecule has 8 nitrogen and oxygen atoms in total. The highest BCUT2D eigenvalue weighted by atomic mass is 32.2. The molecule has 1 saturated heterocycles. The molecule has 2 heterocycles. The van der Waals surface area contributed by atoms with Crippen LogP contribution < -0.4 is 15.5 Å². The number of carbonyl (C=O) groups is 2.